The van der Waals surface area contributed by atoms with Crippen LogP contribution in [0.15, 0.2) is 41.4 Å². The standard InChI is InChI=1S/C25H28Cl2N2O3S/c1-15-5-8-20(32-21-12-17(26)11-18(27)13-21)14-22(15)25(16-6-9-19(31-3)10-7-16)23(30)29(2)24(28-25)33-4/h5,8,11-14,16,19H,6-7,9-10H2,1-4H3. The Morgan fingerprint density at radius 1 is 1.06 bits per heavy atom. The number of hydrogen-bond acceptors (Lipinski definition) is 5. The van der Waals surface area contributed by atoms with Crippen molar-refractivity contribution in [3.05, 3.63) is 57.6 Å². The van der Waals surface area contributed by atoms with E-state index in [2.05, 4.69) is 0 Å². The molecule has 2 aromatic carbocycles. The smallest absolute Gasteiger partial charge is 0.261 e. The van der Waals surface area contributed by atoms with Gasteiger partial charge < -0.3 is 9.47 Å². The van der Waals surface area contributed by atoms with Gasteiger partial charge in [0.05, 0.1) is 6.10 Å². The van der Waals surface area contributed by atoms with E-state index >= 15 is 0 Å². The van der Waals surface area contributed by atoms with Gasteiger partial charge in [-0.3, -0.25) is 9.69 Å². The molecule has 2 aromatic rings. The number of amidine groups is 1. The van der Waals surface area contributed by atoms with Crippen molar-refractivity contribution in [2.24, 2.45) is 10.9 Å². The van der Waals surface area contributed by atoms with E-state index in [4.69, 9.17) is 37.7 Å². The molecular formula is C25H28Cl2N2O3S. The summed E-state index contributed by atoms with van der Waals surface area (Å²) in [5, 5.41) is 1.73. The number of benzene rings is 2. The summed E-state index contributed by atoms with van der Waals surface area (Å²) in [6, 6.07) is 10.9. The second-order valence-corrected chi connectivity index (χ2v) is 10.3. The van der Waals surface area contributed by atoms with E-state index in [1.807, 2.05) is 38.4 Å². The molecule has 2 aliphatic rings. The number of carbonyl (C=O) groups is 1. The van der Waals surface area contributed by atoms with Gasteiger partial charge in [0.15, 0.2) is 10.7 Å². The molecule has 8 heteroatoms. The largest absolute Gasteiger partial charge is 0.457 e. The van der Waals surface area contributed by atoms with Crippen molar-refractivity contribution in [2.45, 2.75) is 44.2 Å². The van der Waals surface area contributed by atoms with Crippen LogP contribution in [0, 0.1) is 12.8 Å². The van der Waals surface area contributed by atoms with E-state index in [1.54, 1.807) is 30.2 Å². The summed E-state index contributed by atoms with van der Waals surface area (Å²) in [4.78, 5) is 20.6. The number of carbonyl (C=O) groups excluding carboxylic acids is 1. The average molecular weight is 507 g/mol. The van der Waals surface area contributed by atoms with Crippen molar-refractivity contribution in [3.8, 4) is 11.5 Å². The lowest BCUT2D eigenvalue weighted by molar-refractivity contribution is -0.133. The van der Waals surface area contributed by atoms with Crippen LogP contribution >= 0.6 is 35.0 Å². The van der Waals surface area contributed by atoms with E-state index in [-0.39, 0.29) is 17.9 Å². The van der Waals surface area contributed by atoms with Crippen LogP contribution in [0.1, 0.15) is 36.8 Å². The second-order valence-electron chi connectivity index (χ2n) is 8.62. The first-order valence-corrected chi connectivity index (χ1v) is 13.0. The zero-order valence-electron chi connectivity index (χ0n) is 19.2. The first-order chi connectivity index (χ1) is 15.8. The lowest BCUT2D eigenvalue weighted by Gasteiger charge is -2.39. The van der Waals surface area contributed by atoms with Crippen LogP contribution < -0.4 is 4.74 Å². The van der Waals surface area contributed by atoms with Gasteiger partial charge in [-0.1, -0.05) is 41.0 Å². The average Bonchev–Trinajstić information content (AvgIpc) is 3.05. The lowest BCUT2D eigenvalue weighted by Crippen LogP contribution is -2.46. The molecule has 1 aliphatic carbocycles. The third-order valence-corrected chi connectivity index (χ3v) is 7.83. The maximum Gasteiger partial charge on any atom is 0.261 e. The third-order valence-electron chi connectivity index (χ3n) is 6.66. The summed E-state index contributed by atoms with van der Waals surface area (Å²) in [7, 11) is 3.57. The molecule has 1 atom stereocenters. The van der Waals surface area contributed by atoms with Crippen LogP contribution in [0.25, 0.3) is 0 Å². The molecule has 0 radical (unpaired) electrons. The Kier molecular flexibility index (Phi) is 7.29. The van der Waals surface area contributed by atoms with Gasteiger partial charge in [0.2, 0.25) is 0 Å². The topological polar surface area (TPSA) is 51.1 Å². The highest BCUT2D eigenvalue weighted by Crippen LogP contribution is 2.49. The Balaban J connectivity index is 1.78. The number of amides is 1. The van der Waals surface area contributed by atoms with E-state index < -0.39 is 5.54 Å². The van der Waals surface area contributed by atoms with Gasteiger partial charge in [-0.05, 0) is 86.2 Å². The summed E-state index contributed by atoms with van der Waals surface area (Å²) in [5.41, 5.74) is 0.921. The van der Waals surface area contributed by atoms with Crippen molar-refractivity contribution in [3.63, 3.8) is 0 Å². The van der Waals surface area contributed by atoms with Crippen molar-refractivity contribution < 1.29 is 14.3 Å². The van der Waals surface area contributed by atoms with Crippen molar-refractivity contribution >= 4 is 46.0 Å². The van der Waals surface area contributed by atoms with Crippen LogP contribution in [0.2, 0.25) is 10.0 Å². The molecule has 5 nitrogen and oxygen atoms in total. The number of halogens is 2. The van der Waals surface area contributed by atoms with Crippen molar-refractivity contribution in [2.75, 3.05) is 20.4 Å². The lowest BCUT2D eigenvalue weighted by atomic mass is 9.69. The van der Waals surface area contributed by atoms with Gasteiger partial charge in [-0.2, -0.15) is 0 Å². The number of aliphatic imine (C=N–C) groups is 1. The normalized spacial score (nSPS) is 25.3. The summed E-state index contributed by atoms with van der Waals surface area (Å²) in [6.45, 7) is 2.03. The Morgan fingerprint density at radius 3 is 2.30 bits per heavy atom. The highest BCUT2D eigenvalue weighted by atomic mass is 35.5. The molecule has 33 heavy (non-hydrogen) atoms. The summed E-state index contributed by atoms with van der Waals surface area (Å²) in [5.74, 6) is 1.25. The molecule has 0 saturated heterocycles. The Bertz CT molecular complexity index is 1070. The predicted octanol–water partition coefficient (Wildman–Crippen LogP) is 6.69. The quantitative estimate of drug-likeness (QED) is 0.453. The maximum absolute atomic E-state index is 13.8. The first-order valence-electron chi connectivity index (χ1n) is 11.0. The molecule has 1 saturated carbocycles. The van der Waals surface area contributed by atoms with Crippen LogP contribution in [0.3, 0.4) is 0 Å². The number of ether oxygens (including phenoxy) is 2. The van der Waals surface area contributed by atoms with Gasteiger partial charge in [-0.25, -0.2) is 4.99 Å². The van der Waals surface area contributed by atoms with E-state index in [9.17, 15) is 4.79 Å². The van der Waals surface area contributed by atoms with Crippen LogP contribution in [-0.4, -0.2) is 42.5 Å². The minimum absolute atomic E-state index is 0.0127. The minimum atomic E-state index is -0.971. The fraction of sp³-hybridized carbons (Fsp3) is 0.440. The van der Waals surface area contributed by atoms with Gasteiger partial charge in [0.1, 0.15) is 11.5 Å². The highest BCUT2D eigenvalue weighted by molar-refractivity contribution is 8.13. The molecule has 0 spiro atoms. The number of rotatable bonds is 5. The number of methoxy groups -OCH3 is 1. The third kappa shape index (κ3) is 4.63. The van der Waals surface area contributed by atoms with Gasteiger partial charge in [0.25, 0.3) is 5.91 Å². The van der Waals surface area contributed by atoms with Crippen molar-refractivity contribution in [1.82, 2.24) is 4.90 Å². The van der Waals surface area contributed by atoms with Crippen LogP contribution in [0.4, 0.5) is 0 Å². The van der Waals surface area contributed by atoms with Crippen molar-refractivity contribution in [1.29, 1.82) is 0 Å². The molecule has 1 unspecified atom stereocenters. The monoisotopic (exact) mass is 506 g/mol. The minimum Gasteiger partial charge on any atom is -0.457 e. The fourth-order valence-electron chi connectivity index (χ4n) is 4.98. The van der Waals surface area contributed by atoms with E-state index in [0.29, 0.717) is 21.5 Å². The van der Waals surface area contributed by atoms with Gasteiger partial charge in [-0.15, -0.1) is 0 Å². The van der Waals surface area contributed by atoms with Gasteiger partial charge in [0, 0.05) is 24.2 Å². The number of nitrogens with zero attached hydrogens (tertiary/aromatic N) is 2. The molecule has 176 valence electrons. The Morgan fingerprint density at radius 2 is 1.73 bits per heavy atom. The van der Waals surface area contributed by atoms with Crippen LogP contribution in [-0.2, 0) is 15.1 Å². The number of likely N-dealkylation sites (N-methyl/N-ethyl adjacent to an activating group) is 1. The molecule has 0 aromatic heterocycles. The van der Waals surface area contributed by atoms with Crippen LogP contribution in [0.5, 0.6) is 11.5 Å². The molecule has 1 amide bonds. The zero-order valence-corrected chi connectivity index (χ0v) is 21.6. The summed E-state index contributed by atoms with van der Waals surface area (Å²) >= 11 is 13.8. The maximum atomic E-state index is 13.8. The Labute approximate surface area is 209 Å². The molecular weight excluding hydrogens is 479 g/mol. The molecule has 0 N–H and O–H groups in total. The summed E-state index contributed by atoms with van der Waals surface area (Å²) < 4.78 is 11.7. The highest BCUT2D eigenvalue weighted by Gasteiger charge is 2.54. The molecule has 1 heterocycles. The fourth-order valence-corrected chi connectivity index (χ4v) is 6.07. The Hall–Kier alpha value is -1.73. The van der Waals surface area contributed by atoms with Gasteiger partial charge >= 0.3 is 0 Å². The SMILES string of the molecule is COC1CCC(C2(c3cc(Oc4cc(Cl)cc(Cl)c4)ccc3C)N=C(SC)N(C)C2=O)CC1. The number of aryl methyl sites for hydroxylation is 1. The zero-order chi connectivity index (χ0) is 23.8. The number of thioether (sulfide) groups is 1. The number of hydrogen-bond donors (Lipinski definition) is 0. The predicted molar refractivity (Wildman–Crippen MR) is 136 cm³/mol. The van der Waals surface area contributed by atoms with E-state index in [0.717, 1.165) is 42.0 Å². The first kappa shape index (κ1) is 24.4. The molecule has 1 fully saturated rings. The van der Waals surface area contributed by atoms with E-state index in [1.165, 1.54) is 11.8 Å². The molecule has 4 rings (SSSR count). The molecule has 0 bridgehead atoms. The second kappa shape index (κ2) is 9.87. The summed E-state index contributed by atoms with van der Waals surface area (Å²) in [6.07, 6.45) is 5.77. The molecule has 1 aliphatic heterocycles.